The van der Waals surface area contributed by atoms with Crippen molar-refractivity contribution in [1.29, 1.82) is 0 Å². The summed E-state index contributed by atoms with van der Waals surface area (Å²) >= 11 is 0. The van der Waals surface area contributed by atoms with Gasteiger partial charge in [-0.2, -0.15) is 0 Å². The minimum atomic E-state index is -2.04. The lowest BCUT2D eigenvalue weighted by Crippen LogP contribution is -2.42. The van der Waals surface area contributed by atoms with Gasteiger partial charge in [0.15, 0.2) is 0 Å². The average Bonchev–Trinajstić information content (AvgIpc) is 2.19. The van der Waals surface area contributed by atoms with Gasteiger partial charge in [0.2, 0.25) is 0 Å². The number of hydrogen-bond acceptors (Lipinski definition) is 2. The van der Waals surface area contributed by atoms with Crippen LogP contribution < -0.4 is 0 Å². The van der Waals surface area contributed by atoms with E-state index in [0.717, 1.165) is 11.1 Å². The van der Waals surface area contributed by atoms with Crippen LogP contribution in [0, 0.1) is 13.8 Å². The zero-order valence-corrected chi connectivity index (χ0v) is 13.5. The van der Waals surface area contributed by atoms with Gasteiger partial charge in [0.05, 0.1) is 5.56 Å². The van der Waals surface area contributed by atoms with Gasteiger partial charge in [0.25, 0.3) is 8.32 Å². The summed E-state index contributed by atoms with van der Waals surface area (Å²) in [4.78, 5) is 12.3. The lowest BCUT2D eigenvalue weighted by molar-refractivity contribution is 0.0711. The van der Waals surface area contributed by atoms with Crippen molar-refractivity contribution in [2.75, 3.05) is 0 Å². The molecule has 0 radical (unpaired) electrons. The topological polar surface area (TPSA) is 26.3 Å². The highest BCUT2D eigenvalue weighted by molar-refractivity contribution is 6.75. The van der Waals surface area contributed by atoms with E-state index in [4.69, 9.17) is 4.43 Å². The first-order valence-corrected chi connectivity index (χ1v) is 9.26. The van der Waals surface area contributed by atoms with E-state index in [1.807, 2.05) is 32.0 Å². The third kappa shape index (κ3) is 3.02. The second kappa shape index (κ2) is 4.88. The Labute approximate surface area is 111 Å². The third-order valence-electron chi connectivity index (χ3n) is 3.98. The molecule has 0 aliphatic rings. The highest BCUT2D eigenvalue weighted by atomic mass is 28.4. The van der Waals surface area contributed by atoms with Gasteiger partial charge >= 0.3 is 5.97 Å². The van der Waals surface area contributed by atoms with Crippen LogP contribution in [0.15, 0.2) is 18.2 Å². The molecule has 0 spiro atoms. The summed E-state index contributed by atoms with van der Waals surface area (Å²) in [6.45, 7) is 14.6. The monoisotopic (exact) mass is 264 g/mol. The van der Waals surface area contributed by atoms with E-state index < -0.39 is 8.32 Å². The molecule has 0 aromatic heterocycles. The summed E-state index contributed by atoms with van der Waals surface area (Å²) in [6, 6.07) is 5.76. The summed E-state index contributed by atoms with van der Waals surface area (Å²) in [5.41, 5.74) is 2.83. The molecule has 1 aromatic rings. The predicted octanol–water partition coefficient (Wildman–Crippen LogP) is 4.47. The minimum absolute atomic E-state index is 0.0421. The van der Waals surface area contributed by atoms with Crippen molar-refractivity contribution < 1.29 is 9.22 Å². The van der Waals surface area contributed by atoms with Gasteiger partial charge in [-0.3, -0.25) is 0 Å². The first-order valence-electron chi connectivity index (χ1n) is 6.36. The van der Waals surface area contributed by atoms with E-state index in [9.17, 15) is 4.79 Å². The number of rotatable bonds is 2. The van der Waals surface area contributed by atoms with Gasteiger partial charge in [-0.05, 0) is 49.2 Å². The summed E-state index contributed by atoms with van der Waals surface area (Å²) in [7, 11) is -2.04. The maximum Gasteiger partial charge on any atom is 0.325 e. The summed E-state index contributed by atoms with van der Waals surface area (Å²) in [5.74, 6) is -0.178. The second-order valence-corrected chi connectivity index (χ2v) is 11.1. The molecule has 0 atom stereocenters. The second-order valence-electron chi connectivity index (χ2n) is 6.40. The van der Waals surface area contributed by atoms with Crippen LogP contribution in [0.2, 0.25) is 18.1 Å². The Balaban J connectivity index is 3.00. The normalized spacial score (nSPS) is 12.4. The van der Waals surface area contributed by atoms with Crippen molar-refractivity contribution >= 4 is 14.3 Å². The van der Waals surface area contributed by atoms with Crippen molar-refractivity contribution in [1.82, 2.24) is 0 Å². The number of benzene rings is 1. The van der Waals surface area contributed by atoms with E-state index >= 15 is 0 Å². The van der Waals surface area contributed by atoms with Crippen molar-refractivity contribution in [3.63, 3.8) is 0 Å². The fraction of sp³-hybridized carbons (Fsp3) is 0.533. The summed E-state index contributed by atoms with van der Waals surface area (Å²) < 4.78 is 5.82. The van der Waals surface area contributed by atoms with Crippen LogP contribution in [0.5, 0.6) is 0 Å². The van der Waals surface area contributed by atoms with Gasteiger partial charge < -0.3 is 4.43 Å². The van der Waals surface area contributed by atoms with Gasteiger partial charge in [0, 0.05) is 0 Å². The van der Waals surface area contributed by atoms with E-state index in [1.165, 1.54) is 0 Å². The average molecular weight is 264 g/mol. The molecule has 0 N–H and O–H groups in total. The Morgan fingerprint density at radius 1 is 1.17 bits per heavy atom. The Hall–Kier alpha value is -1.09. The van der Waals surface area contributed by atoms with Gasteiger partial charge in [-0.25, -0.2) is 4.79 Å². The molecule has 0 aliphatic carbocycles. The van der Waals surface area contributed by atoms with E-state index in [0.29, 0.717) is 5.56 Å². The van der Waals surface area contributed by atoms with Crippen LogP contribution in [-0.2, 0) is 4.43 Å². The fourth-order valence-corrected chi connectivity index (χ4v) is 2.29. The summed E-state index contributed by atoms with van der Waals surface area (Å²) in [5, 5.41) is 0.0421. The molecular formula is C15H24O2Si. The van der Waals surface area contributed by atoms with Gasteiger partial charge in [0.1, 0.15) is 0 Å². The van der Waals surface area contributed by atoms with Gasteiger partial charge in [-0.15, -0.1) is 0 Å². The van der Waals surface area contributed by atoms with Crippen LogP contribution in [-0.4, -0.2) is 14.3 Å². The number of hydrogen-bond donors (Lipinski definition) is 0. The Morgan fingerprint density at radius 3 is 2.22 bits per heavy atom. The quantitative estimate of drug-likeness (QED) is 0.737. The molecule has 100 valence electrons. The molecule has 1 aromatic carbocycles. The first-order chi connectivity index (χ1) is 8.06. The zero-order chi connectivity index (χ0) is 14.1. The zero-order valence-electron chi connectivity index (χ0n) is 12.5. The van der Waals surface area contributed by atoms with Crippen molar-refractivity contribution in [3.05, 3.63) is 34.9 Å². The molecule has 0 aliphatic heterocycles. The lowest BCUT2D eigenvalue weighted by Gasteiger charge is -2.35. The third-order valence-corrected chi connectivity index (χ3v) is 8.29. The van der Waals surface area contributed by atoms with E-state index in [-0.39, 0.29) is 11.0 Å². The molecule has 0 saturated carbocycles. The predicted molar refractivity (Wildman–Crippen MR) is 78.5 cm³/mol. The maximum absolute atomic E-state index is 12.3. The first kappa shape index (κ1) is 15.0. The van der Waals surface area contributed by atoms with Crippen LogP contribution in [0.1, 0.15) is 42.3 Å². The Kier molecular flexibility index (Phi) is 4.06. The Morgan fingerprint density at radius 2 is 1.72 bits per heavy atom. The number of carbonyl (C=O) groups is 1. The van der Waals surface area contributed by atoms with E-state index in [2.05, 4.69) is 33.9 Å². The van der Waals surface area contributed by atoms with Gasteiger partial charge in [-0.1, -0.05) is 32.9 Å². The highest BCUT2D eigenvalue weighted by Crippen LogP contribution is 2.37. The molecule has 0 amide bonds. The van der Waals surface area contributed by atoms with E-state index in [1.54, 1.807) is 0 Å². The standard InChI is InChI=1S/C15H24O2Si/c1-11-9-8-10-13(12(11)2)14(16)17-18(6,7)15(3,4)5/h8-10H,1-7H3. The molecule has 18 heavy (non-hydrogen) atoms. The molecule has 0 bridgehead atoms. The summed E-state index contributed by atoms with van der Waals surface area (Å²) in [6.07, 6.45) is 0. The smallest absolute Gasteiger partial charge is 0.325 e. The van der Waals surface area contributed by atoms with Crippen LogP contribution >= 0.6 is 0 Å². The maximum atomic E-state index is 12.3. The molecule has 1 rings (SSSR count). The number of carbonyl (C=O) groups excluding carboxylic acids is 1. The SMILES string of the molecule is Cc1cccc(C(=O)O[Si](C)(C)C(C)(C)C)c1C. The molecule has 2 nitrogen and oxygen atoms in total. The van der Waals surface area contributed by atoms with Crippen molar-refractivity contribution in [3.8, 4) is 0 Å². The molecule has 0 fully saturated rings. The molecule has 0 saturated heterocycles. The lowest BCUT2D eigenvalue weighted by atomic mass is 10.0. The highest BCUT2D eigenvalue weighted by Gasteiger charge is 2.40. The van der Waals surface area contributed by atoms with Crippen LogP contribution in [0.25, 0.3) is 0 Å². The van der Waals surface area contributed by atoms with Crippen molar-refractivity contribution in [2.24, 2.45) is 0 Å². The molecular weight excluding hydrogens is 240 g/mol. The largest absolute Gasteiger partial charge is 0.516 e. The van der Waals surface area contributed by atoms with Crippen LogP contribution in [0.4, 0.5) is 0 Å². The minimum Gasteiger partial charge on any atom is -0.516 e. The fourth-order valence-electron chi connectivity index (χ4n) is 1.41. The van der Waals surface area contributed by atoms with Crippen LogP contribution in [0.3, 0.4) is 0 Å². The molecule has 0 heterocycles. The van der Waals surface area contributed by atoms with Crippen molar-refractivity contribution in [2.45, 2.75) is 52.8 Å². The molecule has 3 heteroatoms. The number of aryl methyl sites for hydroxylation is 1. The molecule has 0 unspecified atom stereocenters. The Bertz CT molecular complexity index is 456.